The molecule has 1 atom stereocenters. The Morgan fingerprint density at radius 1 is 1.75 bits per heavy atom. The molecule has 0 aromatic heterocycles. The van der Waals surface area contributed by atoms with Crippen LogP contribution in [0.1, 0.15) is 26.2 Å². The highest BCUT2D eigenvalue weighted by Crippen LogP contribution is 2.13. The predicted molar refractivity (Wildman–Crippen MR) is 41.2 cm³/mol. The lowest BCUT2D eigenvalue weighted by molar-refractivity contribution is -0.123. The molecule has 1 unspecified atom stereocenters. The second-order valence-corrected chi connectivity index (χ2v) is 2.92. The lowest BCUT2D eigenvalue weighted by atomic mass is 9.95. The normalized spacial score (nSPS) is 14.4. The Morgan fingerprint density at radius 2 is 2.33 bits per heavy atom. The third-order valence-corrected chi connectivity index (χ3v) is 1.38. The summed E-state index contributed by atoms with van der Waals surface area (Å²) in [4.78, 5) is 20.9. The molecule has 0 aliphatic heterocycles. The molecule has 0 aliphatic carbocycles. The van der Waals surface area contributed by atoms with Crippen molar-refractivity contribution in [3.05, 3.63) is 0 Å². The number of ketones is 1. The van der Waals surface area contributed by atoms with Crippen LogP contribution in [0.2, 0.25) is 0 Å². The van der Waals surface area contributed by atoms with Crippen LogP contribution in [0.25, 0.3) is 0 Å². The van der Waals surface area contributed by atoms with Gasteiger partial charge in [0.05, 0.1) is 18.1 Å². The van der Waals surface area contributed by atoms with Gasteiger partial charge in [-0.05, 0) is 6.92 Å². The van der Waals surface area contributed by atoms with Crippen molar-refractivity contribution in [2.45, 2.75) is 31.8 Å². The van der Waals surface area contributed by atoms with Gasteiger partial charge in [0.25, 0.3) is 0 Å². The zero-order valence-electron chi connectivity index (χ0n) is 6.91. The van der Waals surface area contributed by atoms with Crippen molar-refractivity contribution in [3.8, 4) is 6.07 Å². The first-order valence-electron chi connectivity index (χ1n) is 3.56. The third kappa shape index (κ3) is 4.58. The second kappa shape index (κ2) is 4.62. The number of aldehydes is 1. The Kier molecular flexibility index (Phi) is 4.16. The molecule has 0 aromatic carbocycles. The summed E-state index contributed by atoms with van der Waals surface area (Å²) >= 11 is 0. The van der Waals surface area contributed by atoms with Gasteiger partial charge in [0.1, 0.15) is 12.1 Å². The molecule has 0 saturated carbocycles. The highest BCUT2D eigenvalue weighted by molar-refractivity contribution is 5.81. The van der Waals surface area contributed by atoms with Crippen LogP contribution in [-0.4, -0.2) is 22.8 Å². The van der Waals surface area contributed by atoms with Crippen LogP contribution in [-0.2, 0) is 9.59 Å². The maximum Gasteiger partial charge on any atom is 0.149 e. The van der Waals surface area contributed by atoms with Crippen molar-refractivity contribution in [2.24, 2.45) is 0 Å². The van der Waals surface area contributed by atoms with Gasteiger partial charge in [0, 0.05) is 12.8 Å². The molecule has 0 amide bonds. The Labute approximate surface area is 70.8 Å². The fraction of sp³-hybridized carbons (Fsp3) is 0.625. The summed E-state index contributed by atoms with van der Waals surface area (Å²) in [5.74, 6) is -0.343. The Hall–Kier alpha value is -1.21. The van der Waals surface area contributed by atoms with E-state index < -0.39 is 5.60 Å². The number of nitrogens with zero attached hydrogens (tertiary/aromatic N) is 1. The van der Waals surface area contributed by atoms with E-state index in [1.807, 2.05) is 0 Å². The van der Waals surface area contributed by atoms with Crippen LogP contribution in [0.5, 0.6) is 0 Å². The van der Waals surface area contributed by atoms with Crippen molar-refractivity contribution in [1.82, 2.24) is 0 Å². The summed E-state index contributed by atoms with van der Waals surface area (Å²) in [6.07, 6.45) is 0.123. The van der Waals surface area contributed by atoms with E-state index in [1.54, 1.807) is 6.07 Å². The highest BCUT2D eigenvalue weighted by atomic mass is 16.3. The van der Waals surface area contributed by atoms with Gasteiger partial charge in [-0.25, -0.2) is 0 Å². The fourth-order valence-electron chi connectivity index (χ4n) is 0.827. The molecule has 0 aromatic rings. The zero-order chi connectivity index (χ0) is 9.61. The Bertz CT molecular complexity index is 215. The third-order valence-electron chi connectivity index (χ3n) is 1.38. The molecule has 66 valence electrons. The maximum atomic E-state index is 10.8. The molecule has 0 fully saturated rings. The van der Waals surface area contributed by atoms with Crippen molar-refractivity contribution < 1.29 is 14.7 Å². The van der Waals surface area contributed by atoms with Gasteiger partial charge in [-0.15, -0.1) is 0 Å². The van der Waals surface area contributed by atoms with Crippen molar-refractivity contribution in [3.63, 3.8) is 0 Å². The molecule has 0 bridgehead atoms. The number of carbonyl (C=O) groups excluding carboxylic acids is 2. The van der Waals surface area contributed by atoms with E-state index in [1.165, 1.54) is 6.92 Å². The number of Topliss-reactive ketones (excluding diaryl/α,β-unsaturated/α-hetero) is 1. The molecular formula is C8H11NO3. The smallest absolute Gasteiger partial charge is 0.149 e. The minimum Gasteiger partial charge on any atom is -0.389 e. The number of aliphatic hydroxyl groups is 1. The van der Waals surface area contributed by atoms with Crippen LogP contribution < -0.4 is 0 Å². The van der Waals surface area contributed by atoms with Crippen LogP contribution in [0.4, 0.5) is 0 Å². The van der Waals surface area contributed by atoms with Gasteiger partial charge in [-0.3, -0.25) is 4.79 Å². The summed E-state index contributed by atoms with van der Waals surface area (Å²) in [6.45, 7) is 1.40. The maximum absolute atomic E-state index is 10.8. The number of hydrogen-bond donors (Lipinski definition) is 1. The van der Waals surface area contributed by atoms with Crippen LogP contribution in [0.3, 0.4) is 0 Å². The number of carbonyl (C=O) groups is 2. The highest BCUT2D eigenvalue weighted by Gasteiger charge is 2.23. The molecule has 0 spiro atoms. The molecule has 0 saturated heterocycles. The van der Waals surface area contributed by atoms with Crippen LogP contribution in [0, 0.1) is 11.3 Å². The first kappa shape index (κ1) is 10.8. The van der Waals surface area contributed by atoms with E-state index in [0.717, 1.165) is 0 Å². The van der Waals surface area contributed by atoms with Crippen LogP contribution >= 0.6 is 0 Å². The SMILES string of the molecule is CC(O)(CC=O)CC(=O)CC#N. The summed E-state index contributed by atoms with van der Waals surface area (Å²) < 4.78 is 0. The summed E-state index contributed by atoms with van der Waals surface area (Å²) in [7, 11) is 0. The zero-order valence-corrected chi connectivity index (χ0v) is 6.91. The minimum atomic E-state index is -1.30. The molecule has 4 nitrogen and oxygen atoms in total. The van der Waals surface area contributed by atoms with E-state index in [0.29, 0.717) is 6.29 Å². The first-order valence-corrected chi connectivity index (χ1v) is 3.56. The molecule has 12 heavy (non-hydrogen) atoms. The van der Waals surface area contributed by atoms with E-state index in [2.05, 4.69) is 0 Å². The number of hydrogen-bond acceptors (Lipinski definition) is 4. The quantitative estimate of drug-likeness (QED) is 0.596. The lowest BCUT2D eigenvalue weighted by Gasteiger charge is -2.18. The van der Waals surface area contributed by atoms with Gasteiger partial charge < -0.3 is 9.90 Å². The Morgan fingerprint density at radius 3 is 2.75 bits per heavy atom. The van der Waals surface area contributed by atoms with Crippen molar-refractivity contribution >= 4 is 12.1 Å². The average molecular weight is 169 g/mol. The van der Waals surface area contributed by atoms with Gasteiger partial charge in [0.15, 0.2) is 0 Å². The standard InChI is InChI=1S/C8H11NO3/c1-8(12,3-5-10)6-7(11)2-4-9/h5,12H,2-3,6H2,1H3. The lowest BCUT2D eigenvalue weighted by Crippen LogP contribution is -2.28. The summed E-state index contributed by atoms with van der Waals surface area (Å²) in [5, 5.41) is 17.5. The van der Waals surface area contributed by atoms with Crippen molar-refractivity contribution in [1.29, 1.82) is 5.26 Å². The van der Waals surface area contributed by atoms with Gasteiger partial charge >= 0.3 is 0 Å². The molecule has 0 radical (unpaired) electrons. The minimum absolute atomic E-state index is 0.0792. The van der Waals surface area contributed by atoms with E-state index in [4.69, 9.17) is 5.26 Å². The van der Waals surface area contributed by atoms with Gasteiger partial charge in [-0.1, -0.05) is 0 Å². The van der Waals surface area contributed by atoms with Gasteiger partial charge in [0.2, 0.25) is 0 Å². The molecule has 0 rings (SSSR count). The fourth-order valence-corrected chi connectivity index (χ4v) is 0.827. The monoisotopic (exact) mass is 169 g/mol. The second-order valence-electron chi connectivity index (χ2n) is 2.92. The average Bonchev–Trinajstić information content (AvgIpc) is 1.85. The van der Waals surface area contributed by atoms with Gasteiger partial charge in [-0.2, -0.15) is 5.26 Å². The molecule has 0 aliphatic rings. The van der Waals surface area contributed by atoms with E-state index in [-0.39, 0.29) is 25.0 Å². The van der Waals surface area contributed by atoms with E-state index in [9.17, 15) is 14.7 Å². The first-order chi connectivity index (χ1) is 5.52. The molecular weight excluding hydrogens is 158 g/mol. The summed E-state index contributed by atoms with van der Waals surface area (Å²) in [5.41, 5.74) is -1.30. The van der Waals surface area contributed by atoms with E-state index >= 15 is 0 Å². The van der Waals surface area contributed by atoms with Crippen molar-refractivity contribution in [2.75, 3.05) is 0 Å². The largest absolute Gasteiger partial charge is 0.389 e. The molecule has 1 N–H and O–H groups in total. The molecule has 0 heterocycles. The molecule has 4 heteroatoms. The topological polar surface area (TPSA) is 78.2 Å². The predicted octanol–water partition coefficient (Wildman–Crippen LogP) is 0.199. The summed E-state index contributed by atoms with van der Waals surface area (Å²) in [6, 6.07) is 1.68. The van der Waals surface area contributed by atoms with Crippen LogP contribution in [0.15, 0.2) is 0 Å². The number of nitriles is 1. The number of rotatable bonds is 5. The Balaban J connectivity index is 3.97.